The predicted molar refractivity (Wildman–Crippen MR) is 136 cm³/mol. The van der Waals surface area contributed by atoms with E-state index in [0.717, 1.165) is 32.3 Å². The van der Waals surface area contributed by atoms with Gasteiger partial charge in [-0.15, -0.1) is 0 Å². The molecule has 8 heteroatoms. The first-order valence-electron chi connectivity index (χ1n) is 13.1. The molecule has 0 rings (SSSR count). The molecule has 2 N–H and O–H groups in total. The van der Waals surface area contributed by atoms with E-state index in [4.69, 9.17) is 4.74 Å². The van der Waals surface area contributed by atoms with Gasteiger partial charge in [0.1, 0.15) is 6.04 Å². The Morgan fingerprint density at radius 3 is 1.88 bits per heavy atom. The number of ether oxygens (including phenoxy) is 2. The Hall–Kier alpha value is -1.67. The third-order valence-electron chi connectivity index (χ3n) is 6.12. The molecule has 2 amide bonds. The third kappa shape index (κ3) is 17.8. The number of methoxy groups -OCH3 is 1. The van der Waals surface area contributed by atoms with E-state index in [2.05, 4.69) is 29.2 Å². The fourth-order valence-electron chi connectivity index (χ4n) is 4.27. The maximum absolute atomic E-state index is 12.6. The number of carbonyl (C=O) groups excluding carboxylic acids is 3. The number of likely N-dealkylation sites (N-methyl/N-ethyl adjacent to an activating group) is 1. The van der Waals surface area contributed by atoms with Crippen LogP contribution in [0.25, 0.3) is 0 Å². The lowest BCUT2D eigenvalue weighted by Gasteiger charge is -2.40. The number of nitrogens with zero attached hydrogens (tertiary/aromatic N) is 1. The Balaban J connectivity index is 4.30. The molecule has 0 spiro atoms. The van der Waals surface area contributed by atoms with E-state index in [9.17, 15) is 14.4 Å². The molecule has 0 aliphatic carbocycles. The molecule has 0 aromatic rings. The van der Waals surface area contributed by atoms with Gasteiger partial charge in [-0.2, -0.15) is 0 Å². The number of quaternary nitrogens is 1. The molecule has 0 bridgehead atoms. The van der Waals surface area contributed by atoms with E-state index in [1.807, 2.05) is 21.1 Å². The molecule has 2 unspecified atom stereocenters. The minimum atomic E-state index is -0.627. The zero-order valence-electron chi connectivity index (χ0n) is 22.7. The molecular formula is C26H52N3O5+. The number of hydrogen-bond donors (Lipinski definition) is 2. The van der Waals surface area contributed by atoms with Crippen LogP contribution in [-0.4, -0.2) is 76.4 Å². The van der Waals surface area contributed by atoms with Crippen molar-refractivity contribution in [1.82, 2.24) is 10.6 Å². The first kappa shape index (κ1) is 32.3. The third-order valence-corrected chi connectivity index (χ3v) is 6.12. The fourth-order valence-corrected chi connectivity index (χ4v) is 4.27. The van der Waals surface area contributed by atoms with Crippen LogP contribution in [-0.2, 0) is 19.1 Å². The highest BCUT2D eigenvalue weighted by atomic mass is 16.6. The van der Waals surface area contributed by atoms with Crippen LogP contribution in [0.4, 0.5) is 4.79 Å². The van der Waals surface area contributed by atoms with Crippen LogP contribution >= 0.6 is 0 Å². The fraction of sp³-hybridized carbons (Fsp3) is 0.885. The molecule has 0 radical (unpaired) electrons. The van der Waals surface area contributed by atoms with Gasteiger partial charge in [-0.3, -0.25) is 9.59 Å². The van der Waals surface area contributed by atoms with Crippen LogP contribution in [0.5, 0.6) is 0 Å². The highest BCUT2D eigenvalue weighted by Crippen LogP contribution is 2.20. The van der Waals surface area contributed by atoms with Crippen molar-refractivity contribution in [3.05, 3.63) is 0 Å². The van der Waals surface area contributed by atoms with Crippen LogP contribution in [0.1, 0.15) is 90.9 Å². The first-order chi connectivity index (χ1) is 16.1. The quantitative estimate of drug-likeness (QED) is 0.0824. The van der Waals surface area contributed by atoms with E-state index in [0.29, 0.717) is 16.9 Å². The normalized spacial score (nSPS) is 13.4. The Labute approximate surface area is 208 Å². The molecule has 0 aromatic heterocycles. The molecule has 0 fully saturated rings. The second-order valence-corrected chi connectivity index (χ2v) is 10.6. The van der Waals surface area contributed by atoms with E-state index in [1.165, 1.54) is 44.9 Å². The van der Waals surface area contributed by atoms with Crippen LogP contribution in [0, 0.1) is 5.92 Å². The van der Waals surface area contributed by atoms with E-state index in [-0.39, 0.29) is 25.0 Å². The average Bonchev–Trinajstić information content (AvgIpc) is 2.74. The summed E-state index contributed by atoms with van der Waals surface area (Å²) < 4.78 is 10.2. The van der Waals surface area contributed by atoms with Gasteiger partial charge in [-0.1, -0.05) is 65.2 Å². The van der Waals surface area contributed by atoms with Gasteiger partial charge in [-0.25, -0.2) is 4.79 Å². The monoisotopic (exact) mass is 486 g/mol. The van der Waals surface area contributed by atoms with Crippen molar-refractivity contribution in [2.75, 3.05) is 41.4 Å². The molecule has 8 nitrogen and oxygen atoms in total. The summed E-state index contributed by atoms with van der Waals surface area (Å²) in [5, 5.41) is 5.90. The van der Waals surface area contributed by atoms with Crippen molar-refractivity contribution in [3.63, 3.8) is 0 Å². The Bertz CT molecular complexity index is 549. The van der Waals surface area contributed by atoms with Gasteiger partial charge in [0.2, 0.25) is 0 Å². The number of carbonyl (C=O) groups is 3. The smallest absolute Gasteiger partial charge is 0.315 e. The van der Waals surface area contributed by atoms with Gasteiger partial charge < -0.3 is 24.6 Å². The zero-order valence-corrected chi connectivity index (χ0v) is 22.7. The van der Waals surface area contributed by atoms with Crippen molar-refractivity contribution in [2.24, 2.45) is 5.92 Å². The summed E-state index contributed by atoms with van der Waals surface area (Å²) in [7, 11) is 7.90. The second kappa shape index (κ2) is 19.6. The Kier molecular flexibility index (Phi) is 18.7. The van der Waals surface area contributed by atoms with Crippen LogP contribution in [0.15, 0.2) is 0 Å². The summed E-state index contributed by atoms with van der Waals surface area (Å²) in [6, 6.07) is -0.700. The Morgan fingerprint density at radius 2 is 1.41 bits per heavy atom. The van der Waals surface area contributed by atoms with Crippen molar-refractivity contribution in [1.29, 1.82) is 0 Å². The highest BCUT2D eigenvalue weighted by Gasteiger charge is 2.36. The average molecular weight is 487 g/mol. The lowest BCUT2D eigenvalue weighted by atomic mass is 9.93. The topological polar surface area (TPSA) is 93.7 Å². The molecule has 0 heterocycles. The Morgan fingerprint density at radius 1 is 0.882 bits per heavy atom. The number of unbranched alkanes of at least 4 members (excludes halogenated alkanes) is 9. The predicted octanol–water partition coefficient (Wildman–Crippen LogP) is 4.41. The molecule has 0 aliphatic heterocycles. The molecule has 0 aliphatic rings. The molecular weight excluding hydrogens is 434 g/mol. The van der Waals surface area contributed by atoms with E-state index in [1.54, 1.807) is 7.11 Å². The summed E-state index contributed by atoms with van der Waals surface area (Å²) in [5.41, 5.74) is 0. The zero-order chi connectivity index (χ0) is 25.8. The number of rotatable bonds is 21. The molecule has 200 valence electrons. The van der Waals surface area contributed by atoms with Gasteiger partial charge in [0.05, 0.1) is 33.6 Å². The maximum Gasteiger partial charge on any atom is 0.315 e. The maximum atomic E-state index is 12.6. The summed E-state index contributed by atoms with van der Waals surface area (Å²) in [6.07, 6.45) is 12.8. The molecule has 0 saturated carbocycles. The van der Waals surface area contributed by atoms with Crippen LogP contribution in [0.3, 0.4) is 0 Å². The van der Waals surface area contributed by atoms with Gasteiger partial charge in [0.15, 0.2) is 0 Å². The van der Waals surface area contributed by atoms with Gasteiger partial charge in [0.25, 0.3) is 0 Å². The lowest BCUT2D eigenvalue weighted by Crippen LogP contribution is -2.59. The van der Waals surface area contributed by atoms with Crippen molar-refractivity contribution in [2.45, 2.75) is 103 Å². The summed E-state index contributed by atoms with van der Waals surface area (Å²) in [4.78, 5) is 35.1. The number of nitrogens with one attached hydrogen (secondary N) is 2. The number of amides is 2. The van der Waals surface area contributed by atoms with Gasteiger partial charge >= 0.3 is 18.5 Å². The largest absolute Gasteiger partial charge is 0.395 e. The van der Waals surface area contributed by atoms with E-state index < -0.39 is 12.0 Å². The molecule has 0 aromatic carbocycles. The van der Waals surface area contributed by atoms with Crippen molar-refractivity contribution < 1.29 is 28.3 Å². The first-order valence-corrected chi connectivity index (χ1v) is 13.1. The summed E-state index contributed by atoms with van der Waals surface area (Å²) in [6.45, 7) is 5.86. The highest BCUT2D eigenvalue weighted by molar-refractivity contribution is 5.79. The van der Waals surface area contributed by atoms with Crippen LogP contribution in [0.2, 0.25) is 0 Å². The molecule has 34 heavy (non-hydrogen) atoms. The minimum absolute atomic E-state index is 0.00456. The minimum Gasteiger partial charge on any atom is -0.395 e. The SMILES string of the molecule is COCCCCCCCCCCCCNC(=O)NC(CC(=O)OC=O)C(CC(C)C)[N+](C)(C)C. The standard InChI is InChI=1S/C26H51N3O5/c1-22(2)19-24(29(3,4)5)23(20-25(31)34-21-30)28-26(32)27-17-15-13-11-9-7-8-10-12-14-16-18-33-6/h21-24H,7-20H2,1-6H3,(H-,27,28,32)/p+1. The van der Waals surface area contributed by atoms with Gasteiger partial charge in [0, 0.05) is 26.7 Å². The van der Waals surface area contributed by atoms with Gasteiger partial charge in [-0.05, 0) is 18.8 Å². The van der Waals surface area contributed by atoms with Crippen LogP contribution < -0.4 is 10.6 Å². The summed E-state index contributed by atoms with van der Waals surface area (Å²) in [5.74, 6) is -0.232. The number of urea groups is 1. The number of hydrogen-bond acceptors (Lipinski definition) is 5. The van der Waals surface area contributed by atoms with Crippen molar-refractivity contribution in [3.8, 4) is 0 Å². The molecule has 2 atom stereocenters. The number of esters is 1. The van der Waals surface area contributed by atoms with Crippen molar-refractivity contribution >= 4 is 18.5 Å². The van der Waals surface area contributed by atoms with E-state index >= 15 is 0 Å². The second-order valence-electron chi connectivity index (χ2n) is 10.6. The lowest BCUT2D eigenvalue weighted by molar-refractivity contribution is -0.898. The molecule has 0 saturated heterocycles. The summed E-state index contributed by atoms with van der Waals surface area (Å²) >= 11 is 0.